The van der Waals surface area contributed by atoms with Gasteiger partial charge in [0.2, 0.25) is 0 Å². The molecule has 0 spiro atoms. The van der Waals surface area contributed by atoms with E-state index in [2.05, 4.69) is 31.5 Å². The van der Waals surface area contributed by atoms with E-state index < -0.39 is 0 Å². The van der Waals surface area contributed by atoms with Crippen LogP contribution in [0.2, 0.25) is 0 Å². The zero-order valence-corrected chi connectivity index (χ0v) is 15.6. The molecular formula is C20H18BrN3O. The van der Waals surface area contributed by atoms with Crippen LogP contribution in [-0.4, -0.2) is 10.9 Å². The second kappa shape index (κ2) is 7.49. The van der Waals surface area contributed by atoms with Crippen LogP contribution in [0.1, 0.15) is 21.5 Å². The fraction of sp³-hybridized carbons (Fsp3) is 0.100. The Labute approximate surface area is 155 Å². The van der Waals surface area contributed by atoms with Gasteiger partial charge in [0.15, 0.2) is 0 Å². The minimum atomic E-state index is -0.204. The Kier molecular flexibility index (Phi) is 5.14. The van der Waals surface area contributed by atoms with E-state index >= 15 is 0 Å². The summed E-state index contributed by atoms with van der Waals surface area (Å²) in [6, 6.07) is 17.0. The number of carbonyl (C=O) groups excluding carboxylic acids is 1. The minimum absolute atomic E-state index is 0.204. The van der Waals surface area contributed by atoms with E-state index in [0.29, 0.717) is 11.4 Å². The number of pyridine rings is 1. The number of nitrogens with zero attached hydrogens (tertiary/aromatic N) is 1. The molecule has 5 heteroatoms. The van der Waals surface area contributed by atoms with Crippen LogP contribution < -0.4 is 10.6 Å². The maximum absolute atomic E-state index is 12.7. The topological polar surface area (TPSA) is 54.0 Å². The lowest BCUT2D eigenvalue weighted by Gasteiger charge is -2.15. The number of anilines is 3. The number of amides is 1. The standard InChI is InChI=1S/C20H18BrN3O/c1-13-5-3-6-14(2)18(13)24-19-17(7-4-12-22-19)20(25)23-16-10-8-15(21)9-11-16/h3-12H,1-2H3,(H,22,24)(H,23,25). The summed E-state index contributed by atoms with van der Waals surface area (Å²) < 4.78 is 0.962. The van der Waals surface area contributed by atoms with E-state index in [1.807, 2.05) is 56.3 Å². The molecule has 2 N–H and O–H groups in total. The third kappa shape index (κ3) is 4.06. The predicted molar refractivity (Wildman–Crippen MR) is 106 cm³/mol. The first-order chi connectivity index (χ1) is 12.0. The molecule has 0 fully saturated rings. The number of nitrogens with one attached hydrogen (secondary N) is 2. The van der Waals surface area contributed by atoms with Gasteiger partial charge in [0.25, 0.3) is 5.91 Å². The maximum Gasteiger partial charge on any atom is 0.259 e. The van der Waals surface area contributed by atoms with Gasteiger partial charge >= 0.3 is 0 Å². The van der Waals surface area contributed by atoms with Gasteiger partial charge in [-0.2, -0.15) is 0 Å². The molecule has 0 unspecified atom stereocenters. The van der Waals surface area contributed by atoms with Gasteiger partial charge in [0.05, 0.1) is 5.56 Å². The number of aryl methyl sites for hydroxylation is 2. The number of halogens is 1. The molecule has 0 bridgehead atoms. The number of carbonyl (C=O) groups is 1. The van der Waals surface area contributed by atoms with Crippen LogP contribution in [0.4, 0.5) is 17.2 Å². The van der Waals surface area contributed by atoms with Gasteiger partial charge in [-0.1, -0.05) is 34.1 Å². The predicted octanol–water partition coefficient (Wildman–Crippen LogP) is 5.46. The molecule has 0 saturated carbocycles. The van der Waals surface area contributed by atoms with Crippen molar-refractivity contribution in [3.05, 3.63) is 82.0 Å². The highest BCUT2D eigenvalue weighted by Crippen LogP contribution is 2.25. The van der Waals surface area contributed by atoms with Crippen molar-refractivity contribution in [1.82, 2.24) is 4.98 Å². The number of hydrogen-bond donors (Lipinski definition) is 2. The van der Waals surface area contributed by atoms with E-state index in [4.69, 9.17) is 0 Å². The second-order valence-corrected chi connectivity index (χ2v) is 6.67. The molecular weight excluding hydrogens is 378 g/mol. The summed E-state index contributed by atoms with van der Waals surface area (Å²) in [6.07, 6.45) is 1.67. The van der Waals surface area contributed by atoms with Crippen LogP contribution in [-0.2, 0) is 0 Å². The van der Waals surface area contributed by atoms with Gasteiger partial charge in [0.1, 0.15) is 5.82 Å². The molecule has 25 heavy (non-hydrogen) atoms. The molecule has 126 valence electrons. The summed E-state index contributed by atoms with van der Waals surface area (Å²) in [4.78, 5) is 17.0. The normalized spacial score (nSPS) is 10.4. The first kappa shape index (κ1) is 17.2. The molecule has 2 aromatic carbocycles. The molecule has 0 aliphatic carbocycles. The van der Waals surface area contributed by atoms with Gasteiger partial charge in [0, 0.05) is 22.0 Å². The van der Waals surface area contributed by atoms with Crippen molar-refractivity contribution in [3.63, 3.8) is 0 Å². The summed E-state index contributed by atoms with van der Waals surface area (Å²) >= 11 is 3.39. The Hall–Kier alpha value is -2.66. The molecule has 0 aliphatic heterocycles. The van der Waals surface area contributed by atoms with E-state index in [9.17, 15) is 4.79 Å². The molecule has 1 heterocycles. The van der Waals surface area contributed by atoms with E-state index in [1.165, 1.54) is 0 Å². The first-order valence-corrected chi connectivity index (χ1v) is 8.69. The van der Waals surface area contributed by atoms with E-state index in [1.54, 1.807) is 18.3 Å². The van der Waals surface area contributed by atoms with Gasteiger partial charge in [-0.05, 0) is 61.4 Å². The quantitative estimate of drug-likeness (QED) is 0.616. The number of rotatable bonds is 4. The average molecular weight is 396 g/mol. The summed E-state index contributed by atoms with van der Waals surface area (Å²) in [7, 11) is 0. The average Bonchev–Trinajstić information content (AvgIpc) is 2.60. The minimum Gasteiger partial charge on any atom is -0.339 e. The molecule has 1 aromatic heterocycles. The van der Waals surface area contributed by atoms with Crippen LogP contribution in [0, 0.1) is 13.8 Å². The Morgan fingerprint density at radius 2 is 1.64 bits per heavy atom. The number of hydrogen-bond acceptors (Lipinski definition) is 3. The zero-order valence-electron chi connectivity index (χ0n) is 14.0. The van der Waals surface area contributed by atoms with Crippen molar-refractivity contribution >= 4 is 39.0 Å². The largest absolute Gasteiger partial charge is 0.339 e. The van der Waals surface area contributed by atoms with Gasteiger partial charge in [-0.15, -0.1) is 0 Å². The summed E-state index contributed by atoms with van der Waals surface area (Å²) in [6.45, 7) is 4.06. The van der Waals surface area contributed by atoms with Gasteiger partial charge in [-0.3, -0.25) is 4.79 Å². The van der Waals surface area contributed by atoms with Crippen molar-refractivity contribution in [2.75, 3.05) is 10.6 Å². The zero-order chi connectivity index (χ0) is 17.8. The Morgan fingerprint density at radius 3 is 2.32 bits per heavy atom. The third-order valence-electron chi connectivity index (χ3n) is 3.88. The number of para-hydroxylation sites is 1. The third-order valence-corrected chi connectivity index (χ3v) is 4.41. The number of aromatic nitrogens is 1. The molecule has 0 atom stereocenters. The van der Waals surface area contributed by atoms with Gasteiger partial charge in [-0.25, -0.2) is 4.98 Å². The van der Waals surface area contributed by atoms with Crippen molar-refractivity contribution < 1.29 is 4.79 Å². The van der Waals surface area contributed by atoms with Crippen molar-refractivity contribution in [2.24, 2.45) is 0 Å². The van der Waals surface area contributed by atoms with Crippen molar-refractivity contribution in [2.45, 2.75) is 13.8 Å². The maximum atomic E-state index is 12.7. The monoisotopic (exact) mass is 395 g/mol. The van der Waals surface area contributed by atoms with Crippen LogP contribution in [0.5, 0.6) is 0 Å². The lowest BCUT2D eigenvalue weighted by Crippen LogP contribution is -2.15. The Bertz CT molecular complexity index is 887. The number of benzene rings is 2. The Morgan fingerprint density at radius 1 is 0.960 bits per heavy atom. The molecule has 0 radical (unpaired) electrons. The molecule has 0 aliphatic rings. The van der Waals surface area contributed by atoms with E-state index in [-0.39, 0.29) is 5.91 Å². The fourth-order valence-electron chi connectivity index (χ4n) is 2.55. The van der Waals surface area contributed by atoms with Crippen LogP contribution >= 0.6 is 15.9 Å². The van der Waals surface area contributed by atoms with Crippen molar-refractivity contribution in [3.8, 4) is 0 Å². The highest BCUT2D eigenvalue weighted by molar-refractivity contribution is 9.10. The Balaban J connectivity index is 1.88. The van der Waals surface area contributed by atoms with E-state index in [0.717, 1.165) is 27.0 Å². The lowest BCUT2D eigenvalue weighted by atomic mass is 10.1. The molecule has 3 aromatic rings. The molecule has 0 saturated heterocycles. The fourth-order valence-corrected chi connectivity index (χ4v) is 2.81. The van der Waals surface area contributed by atoms with Crippen LogP contribution in [0.25, 0.3) is 0 Å². The van der Waals surface area contributed by atoms with Crippen molar-refractivity contribution in [1.29, 1.82) is 0 Å². The first-order valence-electron chi connectivity index (χ1n) is 7.90. The summed E-state index contributed by atoms with van der Waals surface area (Å²) in [5.74, 6) is 0.332. The highest BCUT2D eigenvalue weighted by Gasteiger charge is 2.14. The lowest BCUT2D eigenvalue weighted by molar-refractivity contribution is 0.102. The molecule has 3 rings (SSSR count). The summed E-state index contributed by atoms with van der Waals surface area (Å²) in [5.41, 5.74) is 4.40. The highest BCUT2D eigenvalue weighted by atomic mass is 79.9. The SMILES string of the molecule is Cc1cccc(C)c1Nc1ncccc1C(=O)Nc1ccc(Br)cc1. The summed E-state index contributed by atoms with van der Waals surface area (Å²) in [5, 5.41) is 6.21. The smallest absolute Gasteiger partial charge is 0.259 e. The second-order valence-electron chi connectivity index (χ2n) is 5.75. The molecule has 1 amide bonds. The van der Waals surface area contributed by atoms with Gasteiger partial charge < -0.3 is 10.6 Å². The van der Waals surface area contributed by atoms with Crippen LogP contribution in [0.15, 0.2) is 65.3 Å². The van der Waals surface area contributed by atoms with Crippen LogP contribution in [0.3, 0.4) is 0 Å². The molecule has 4 nitrogen and oxygen atoms in total.